The summed E-state index contributed by atoms with van der Waals surface area (Å²) in [5, 5.41) is 12.1. The molecule has 2 aromatic rings. The minimum Gasteiger partial charge on any atom is -0.355 e. The Balaban J connectivity index is 1.86. The van der Waals surface area contributed by atoms with E-state index in [0.29, 0.717) is 28.1 Å². The second kappa shape index (κ2) is 9.88. The maximum absolute atomic E-state index is 12.8. The van der Waals surface area contributed by atoms with Gasteiger partial charge < -0.3 is 5.32 Å². The highest BCUT2D eigenvalue weighted by Gasteiger charge is 2.23. The Morgan fingerprint density at radius 2 is 1.83 bits per heavy atom. The quantitative estimate of drug-likeness (QED) is 0.692. The predicted molar refractivity (Wildman–Crippen MR) is 113 cm³/mol. The van der Waals surface area contributed by atoms with Crippen molar-refractivity contribution in [1.82, 2.24) is 9.62 Å². The highest BCUT2D eigenvalue weighted by atomic mass is 35.5. The topological polar surface area (TPSA) is 90.3 Å². The summed E-state index contributed by atoms with van der Waals surface area (Å²) in [6, 6.07) is 12.3. The first-order chi connectivity index (χ1) is 13.6. The average molecular weight is 434 g/mol. The van der Waals surface area contributed by atoms with E-state index < -0.39 is 10.0 Å². The summed E-state index contributed by atoms with van der Waals surface area (Å²) in [5.41, 5.74) is 2.82. The highest BCUT2D eigenvalue weighted by Crippen LogP contribution is 2.25. The molecule has 154 valence electrons. The van der Waals surface area contributed by atoms with E-state index in [-0.39, 0.29) is 30.3 Å². The lowest BCUT2D eigenvalue weighted by atomic mass is 10.1. The minimum absolute atomic E-state index is 0.154. The molecule has 29 heavy (non-hydrogen) atoms. The Hall–Kier alpha value is -2.40. The van der Waals surface area contributed by atoms with Crippen LogP contribution in [0.3, 0.4) is 0 Å². The number of likely N-dealkylation sites (N-methyl/N-ethyl adjacent to an activating group) is 1. The van der Waals surface area contributed by atoms with Crippen LogP contribution in [0.25, 0.3) is 0 Å². The van der Waals surface area contributed by atoms with Gasteiger partial charge in [-0.3, -0.25) is 4.79 Å². The number of halogens is 1. The average Bonchev–Trinajstić information content (AvgIpc) is 2.69. The van der Waals surface area contributed by atoms with Gasteiger partial charge in [-0.05, 0) is 61.2 Å². The number of carbonyl (C=O) groups is 1. The van der Waals surface area contributed by atoms with E-state index in [2.05, 4.69) is 11.4 Å². The number of rotatable bonds is 8. The third-order valence-electron chi connectivity index (χ3n) is 4.62. The molecule has 2 aromatic carbocycles. The van der Waals surface area contributed by atoms with E-state index in [1.54, 1.807) is 38.1 Å². The molecule has 1 amide bonds. The van der Waals surface area contributed by atoms with E-state index >= 15 is 0 Å². The Kier molecular flexibility index (Phi) is 7.80. The van der Waals surface area contributed by atoms with Crippen molar-refractivity contribution >= 4 is 27.5 Å². The normalized spacial score (nSPS) is 11.3. The summed E-state index contributed by atoms with van der Waals surface area (Å²) in [4.78, 5) is 12.2. The predicted octanol–water partition coefficient (Wildman–Crippen LogP) is 3.20. The van der Waals surface area contributed by atoms with Gasteiger partial charge in [-0.25, -0.2) is 8.42 Å². The van der Waals surface area contributed by atoms with Crippen LogP contribution >= 0.6 is 11.6 Å². The zero-order chi connectivity index (χ0) is 21.6. The van der Waals surface area contributed by atoms with Crippen LogP contribution in [0.4, 0.5) is 0 Å². The SMILES string of the molecule is Cc1cc(S(=O)(=O)N(C)CCNC(=O)CCc2ccc(C#N)cc2)c(C)cc1Cl. The lowest BCUT2D eigenvalue weighted by molar-refractivity contribution is -0.121. The van der Waals surface area contributed by atoms with Crippen molar-refractivity contribution in [3.63, 3.8) is 0 Å². The van der Waals surface area contributed by atoms with E-state index in [1.165, 1.54) is 11.4 Å². The number of hydrogen-bond donors (Lipinski definition) is 1. The molecule has 0 radical (unpaired) electrons. The Bertz CT molecular complexity index is 1030. The van der Waals surface area contributed by atoms with Gasteiger partial charge in [0.25, 0.3) is 0 Å². The van der Waals surface area contributed by atoms with Gasteiger partial charge in [0.05, 0.1) is 16.5 Å². The van der Waals surface area contributed by atoms with Crippen LogP contribution < -0.4 is 5.32 Å². The fourth-order valence-corrected chi connectivity index (χ4v) is 4.44. The number of carbonyl (C=O) groups excluding carboxylic acids is 1. The van der Waals surface area contributed by atoms with Crippen LogP contribution in [0.1, 0.15) is 28.7 Å². The van der Waals surface area contributed by atoms with Gasteiger partial charge in [0, 0.05) is 31.6 Å². The van der Waals surface area contributed by atoms with Gasteiger partial charge in [0.2, 0.25) is 15.9 Å². The molecule has 0 atom stereocenters. The van der Waals surface area contributed by atoms with Crippen molar-refractivity contribution in [2.75, 3.05) is 20.1 Å². The number of aryl methyl sites for hydroxylation is 3. The van der Waals surface area contributed by atoms with Gasteiger partial charge in [0.1, 0.15) is 0 Å². The molecule has 0 aliphatic rings. The monoisotopic (exact) mass is 433 g/mol. The van der Waals surface area contributed by atoms with Gasteiger partial charge in [0.15, 0.2) is 0 Å². The lowest BCUT2D eigenvalue weighted by Gasteiger charge is -2.19. The molecule has 2 rings (SSSR count). The zero-order valence-electron chi connectivity index (χ0n) is 16.7. The van der Waals surface area contributed by atoms with Crippen molar-refractivity contribution in [3.8, 4) is 6.07 Å². The second-order valence-corrected chi connectivity index (χ2v) is 9.27. The molecule has 0 spiro atoms. The van der Waals surface area contributed by atoms with Gasteiger partial charge in [-0.1, -0.05) is 23.7 Å². The summed E-state index contributed by atoms with van der Waals surface area (Å²) in [5.74, 6) is -0.154. The van der Waals surface area contributed by atoms with Crippen LogP contribution in [0, 0.1) is 25.2 Å². The molecule has 0 saturated carbocycles. The molecule has 0 aromatic heterocycles. The lowest BCUT2D eigenvalue weighted by Crippen LogP contribution is -2.36. The molecule has 0 heterocycles. The molecule has 1 N–H and O–H groups in total. The van der Waals surface area contributed by atoms with Crippen molar-refractivity contribution in [2.45, 2.75) is 31.6 Å². The first-order valence-electron chi connectivity index (χ1n) is 9.14. The molecule has 0 aliphatic carbocycles. The number of benzene rings is 2. The maximum Gasteiger partial charge on any atom is 0.243 e. The largest absolute Gasteiger partial charge is 0.355 e. The Labute approximate surface area is 177 Å². The summed E-state index contributed by atoms with van der Waals surface area (Å²) in [6.07, 6.45) is 0.840. The number of nitrogens with one attached hydrogen (secondary N) is 1. The van der Waals surface area contributed by atoms with E-state index in [0.717, 1.165) is 5.56 Å². The Morgan fingerprint density at radius 1 is 1.17 bits per heavy atom. The summed E-state index contributed by atoms with van der Waals surface area (Å²) in [6.45, 7) is 3.84. The highest BCUT2D eigenvalue weighted by molar-refractivity contribution is 7.89. The second-order valence-electron chi connectivity index (χ2n) is 6.85. The summed E-state index contributed by atoms with van der Waals surface area (Å²) in [7, 11) is -2.18. The fourth-order valence-electron chi connectivity index (χ4n) is 2.77. The standard InChI is InChI=1S/C21H24ClN3O3S/c1-15-13-20(16(2)12-19(15)22)29(27,28)25(3)11-10-24-21(26)9-8-17-4-6-18(14-23)7-5-17/h4-7,12-13H,8-11H2,1-3H3,(H,24,26). The number of nitriles is 1. The molecule has 0 unspecified atom stereocenters. The molecule has 0 fully saturated rings. The molecule has 0 saturated heterocycles. The van der Waals surface area contributed by atoms with Crippen LogP contribution in [0.15, 0.2) is 41.3 Å². The fraction of sp³-hybridized carbons (Fsp3) is 0.333. The number of hydrogen-bond acceptors (Lipinski definition) is 4. The first-order valence-corrected chi connectivity index (χ1v) is 11.0. The number of amides is 1. The summed E-state index contributed by atoms with van der Waals surface area (Å²) < 4.78 is 26.8. The van der Waals surface area contributed by atoms with Crippen molar-refractivity contribution in [1.29, 1.82) is 5.26 Å². The maximum atomic E-state index is 12.8. The number of sulfonamides is 1. The number of nitrogens with zero attached hydrogens (tertiary/aromatic N) is 2. The van der Waals surface area contributed by atoms with Crippen LogP contribution in [0.2, 0.25) is 5.02 Å². The molecule has 0 bridgehead atoms. The molecule has 0 aliphatic heterocycles. The van der Waals surface area contributed by atoms with E-state index in [1.807, 2.05) is 12.1 Å². The molecular formula is C21H24ClN3O3S. The van der Waals surface area contributed by atoms with Crippen molar-refractivity contribution in [3.05, 3.63) is 63.7 Å². The third kappa shape index (κ3) is 6.04. The van der Waals surface area contributed by atoms with Crippen molar-refractivity contribution < 1.29 is 13.2 Å². The minimum atomic E-state index is -3.67. The Morgan fingerprint density at radius 3 is 2.45 bits per heavy atom. The van der Waals surface area contributed by atoms with Gasteiger partial charge in [-0.15, -0.1) is 0 Å². The van der Waals surface area contributed by atoms with Crippen LogP contribution in [-0.4, -0.2) is 38.8 Å². The molecule has 8 heteroatoms. The van der Waals surface area contributed by atoms with E-state index in [4.69, 9.17) is 16.9 Å². The van der Waals surface area contributed by atoms with Gasteiger partial charge in [-0.2, -0.15) is 9.57 Å². The van der Waals surface area contributed by atoms with Crippen LogP contribution in [-0.2, 0) is 21.2 Å². The van der Waals surface area contributed by atoms with Crippen molar-refractivity contribution in [2.24, 2.45) is 0 Å². The van der Waals surface area contributed by atoms with E-state index in [9.17, 15) is 13.2 Å². The molecular weight excluding hydrogens is 410 g/mol. The van der Waals surface area contributed by atoms with Gasteiger partial charge >= 0.3 is 0 Å². The first kappa shape index (κ1) is 22.9. The molecule has 6 nitrogen and oxygen atoms in total. The zero-order valence-corrected chi connectivity index (χ0v) is 18.3. The summed E-state index contributed by atoms with van der Waals surface area (Å²) >= 11 is 6.05. The third-order valence-corrected chi connectivity index (χ3v) is 7.02. The smallest absolute Gasteiger partial charge is 0.243 e. The van der Waals surface area contributed by atoms with Crippen LogP contribution in [0.5, 0.6) is 0 Å².